The number of hydrogen-bond acceptors (Lipinski definition) is 2. The van der Waals surface area contributed by atoms with Gasteiger partial charge in [-0.1, -0.05) is 93.0 Å². The number of fused-ring (bicyclic) bond motifs is 1. The summed E-state index contributed by atoms with van der Waals surface area (Å²) in [5, 5.41) is 2.51. The van der Waals surface area contributed by atoms with Gasteiger partial charge >= 0.3 is 33.9 Å². The largest absolute Gasteiger partial charge is 0 e. The van der Waals surface area contributed by atoms with Crippen molar-refractivity contribution in [2.24, 2.45) is 17.8 Å². The Labute approximate surface area is 255 Å². The van der Waals surface area contributed by atoms with E-state index in [1.807, 2.05) is 0 Å². The van der Waals surface area contributed by atoms with Crippen LogP contribution in [0.5, 0.6) is 11.5 Å². The minimum absolute atomic E-state index is 0. The third-order valence-corrected chi connectivity index (χ3v) is 12.5. The van der Waals surface area contributed by atoms with E-state index in [0.29, 0.717) is 11.8 Å². The smallest absolute Gasteiger partial charge is 0 e. The van der Waals surface area contributed by atoms with Crippen molar-refractivity contribution in [2.75, 3.05) is 0 Å². The normalized spacial score (nSPS) is 18.8. The number of hydrogen-bond donors (Lipinski definition) is 0. The molecule has 0 unspecified atom stereocenters. The summed E-state index contributed by atoms with van der Waals surface area (Å²) < 4.78 is 36.5. The molecule has 1 fully saturated rings. The van der Waals surface area contributed by atoms with Crippen LogP contribution in [0.4, 0.5) is 0 Å². The first-order chi connectivity index (χ1) is 18.1. The van der Waals surface area contributed by atoms with E-state index < -0.39 is 8.32 Å². The van der Waals surface area contributed by atoms with Crippen LogP contribution in [0.1, 0.15) is 87.1 Å². The van der Waals surface area contributed by atoms with Crippen LogP contribution in [-0.4, -0.2) is 14.4 Å². The van der Waals surface area contributed by atoms with Crippen LogP contribution < -0.4 is 9.16 Å². The molecule has 3 rings (SSSR count). The molecule has 3 atom stereocenters. The van der Waals surface area contributed by atoms with Crippen molar-refractivity contribution in [3.05, 3.63) is 55.8 Å². The van der Waals surface area contributed by atoms with Crippen molar-refractivity contribution in [1.82, 2.24) is 0 Å². The Morgan fingerprint density at radius 3 is 1.82 bits per heavy atom. The van der Waals surface area contributed by atoms with Crippen LogP contribution in [0.15, 0.2) is 30.3 Å². The topological polar surface area (TPSA) is 78.2 Å². The summed E-state index contributed by atoms with van der Waals surface area (Å²) in [6.45, 7) is 39.1. The molecule has 1 aliphatic carbocycles. The third kappa shape index (κ3) is 10.3. The van der Waals surface area contributed by atoms with Gasteiger partial charge in [0.05, 0.1) is 0 Å². The van der Waals surface area contributed by atoms with Gasteiger partial charge in [0.1, 0.15) is 17.6 Å². The zero-order chi connectivity index (χ0) is 30.8. The van der Waals surface area contributed by atoms with Crippen molar-refractivity contribution < 1.29 is 40.5 Å². The van der Waals surface area contributed by atoms with Crippen LogP contribution in [0.2, 0.25) is 18.1 Å². The molecule has 2 aromatic rings. The fraction of sp³-hybridized carbons (Fsp3) is 0.606. The predicted molar refractivity (Wildman–Crippen MR) is 158 cm³/mol. The van der Waals surface area contributed by atoms with E-state index in [2.05, 4.69) is 126 Å². The van der Waals surface area contributed by atoms with Gasteiger partial charge in [-0.2, -0.15) is 0 Å². The number of rotatable bonds is 5. The van der Waals surface area contributed by atoms with Gasteiger partial charge in [0.2, 0.25) is 0 Å². The molecule has 0 spiro atoms. The Morgan fingerprint density at radius 2 is 1.38 bits per heavy atom. The van der Waals surface area contributed by atoms with Crippen molar-refractivity contribution in [2.45, 2.75) is 111 Å². The molecule has 220 valence electrons. The SMILES string of the molecule is CC(C)[C@@H]1CC[C@@H](C)C[C@H]1Oc1cc(C(C)(C)C)c(O[Si](C)(C)C(C)(C)C)c2ccccc12.[C-]#[O+].[C-]#[O+].[C-]#[O+].[Cr]. The summed E-state index contributed by atoms with van der Waals surface area (Å²) in [5.74, 6) is 4.06. The van der Waals surface area contributed by atoms with E-state index in [9.17, 15) is 0 Å². The van der Waals surface area contributed by atoms with Crippen molar-refractivity contribution in [3.8, 4) is 11.5 Å². The maximum absolute atomic E-state index is 7.50. The van der Waals surface area contributed by atoms with Crippen LogP contribution in [0, 0.1) is 37.7 Å². The molecule has 0 saturated heterocycles. The van der Waals surface area contributed by atoms with Crippen LogP contribution >= 0.6 is 0 Å². The summed E-state index contributed by atoms with van der Waals surface area (Å²) in [4.78, 5) is 0. The maximum Gasteiger partial charge on any atom is 0 e. The third-order valence-electron chi connectivity index (χ3n) is 8.17. The molecule has 0 radical (unpaired) electrons. The molecular weight excluding hydrogens is 556 g/mol. The van der Waals surface area contributed by atoms with Crippen LogP contribution in [-0.2, 0) is 36.7 Å². The summed E-state index contributed by atoms with van der Waals surface area (Å²) in [5.41, 5.74) is 1.21. The van der Waals surface area contributed by atoms with E-state index in [0.717, 1.165) is 23.8 Å². The molecule has 40 heavy (non-hydrogen) atoms. The number of ether oxygens (including phenoxy) is 1. The Kier molecular flexibility index (Phi) is 17.5. The van der Waals surface area contributed by atoms with Gasteiger partial charge in [0.15, 0.2) is 0 Å². The Balaban J connectivity index is 0. The Bertz CT molecular complexity index is 1090. The first-order valence-corrected chi connectivity index (χ1v) is 16.6. The van der Waals surface area contributed by atoms with E-state index in [-0.39, 0.29) is 33.9 Å². The molecular formula is C33H48CrO5Si. The van der Waals surface area contributed by atoms with Crippen molar-refractivity contribution in [3.63, 3.8) is 0 Å². The van der Waals surface area contributed by atoms with Crippen molar-refractivity contribution in [1.29, 1.82) is 0 Å². The Hall–Kier alpha value is -1.73. The first-order valence-electron chi connectivity index (χ1n) is 13.6. The minimum Gasteiger partial charge on any atom is 0 e. The van der Waals surface area contributed by atoms with Gasteiger partial charge in [-0.3, -0.25) is 0 Å². The van der Waals surface area contributed by atoms with Gasteiger partial charge in [0.25, 0.3) is 8.32 Å². The van der Waals surface area contributed by atoms with E-state index in [4.69, 9.17) is 23.1 Å². The minimum atomic E-state index is -2.01. The second kappa shape index (κ2) is 17.3. The molecule has 0 amide bonds. The molecule has 0 N–H and O–H groups in total. The predicted octanol–water partition coefficient (Wildman–Crippen LogP) is 9.25. The van der Waals surface area contributed by atoms with E-state index in [1.165, 1.54) is 29.2 Å². The van der Waals surface area contributed by atoms with Gasteiger partial charge < -0.3 is 9.16 Å². The molecule has 7 heteroatoms. The number of benzene rings is 2. The summed E-state index contributed by atoms with van der Waals surface area (Å²) in [6.07, 6.45) is 4.00. The zero-order valence-electron chi connectivity index (χ0n) is 26.3. The van der Waals surface area contributed by atoms with Gasteiger partial charge in [0, 0.05) is 33.7 Å². The zero-order valence-corrected chi connectivity index (χ0v) is 28.5. The van der Waals surface area contributed by atoms with Gasteiger partial charge in [-0.25, -0.2) is 0 Å². The molecule has 0 bridgehead atoms. The average Bonchev–Trinajstić information content (AvgIpc) is 2.87. The first kappa shape index (κ1) is 40.4. The quantitative estimate of drug-likeness (QED) is 0.194. The van der Waals surface area contributed by atoms with Crippen LogP contribution in [0.3, 0.4) is 0 Å². The standard InChI is InChI=1S/C30H48O2Si.3CO.Cr/c1-20(2)22-17-16-21(3)18-26(22)31-27-19-25(29(4,5)6)28(24-15-13-12-14-23(24)27)32-33(10,11)30(7,8)9;3*1-2;/h12-15,19-22,26H,16-18H2,1-11H3;;;;/t21-,22+,26-;;;;/m1..../s1. The molecule has 0 aromatic heterocycles. The maximum atomic E-state index is 7.50. The molecule has 1 saturated carbocycles. The van der Waals surface area contributed by atoms with Crippen molar-refractivity contribution >= 4 is 19.1 Å². The molecule has 5 nitrogen and oxygen atoms in total. The monoisotopic (exact) mass is 604 g/mol. The van der Waals surface area contributed by atoms with E-state index in [1.54, 1.807) is 0 Å². The molecule has 2 aromatic carbocycles. The Morgan fingerprint density at radius 1 is 0.875 bits per heavy atom. The molecule has 0 heterocycles. The average molecular weight is 605 g/mol. The summed E-state index contributed by atoms with van der Waals surface area (Å²) >= 11 is 0. The fourth-order valence-electron chi connectivity index (χ4n) is 4.90. The fourth-order valence-corrected chi connectivity index (χ4v) is 5.94. The molecule has 1 aliphatic rings. The van der Waals surface area contributed by atoms with Crippen LogP contribution in [0.25, 0.3) is 10.8 Å². The second-order valence-corrected chi connectivity index (χ2v) is 18.1. The van der Waals surface area contributed by atoms with Gasteiger partial charge in [-0.05, 0) is 60.2 Å². The summed E-state index contributed by atoms with van der Waals surface area (Å²) in [6, 6.07) is 11.0. The second-order valence-electron chi connectivity index (χ2n) is 13.4. The van der Waals surface area contributed by atoms with E-state index >= 15 is 0 Å². The summed E-state index contributed by atoms with van der Waals surface area (Å²) in [7, 11) is -2.01. The molecule has 0 aliphatic heterocycles. The van der Waals surface area contributed by atoms with Gasteiger partial charge in [-0.15, -0.1) is 0 Å².